The van der Waals surface area contributed by atoms with Gasteiger partial charge in [0.05, 0.1) is 0 Å². The number of hydrogen-bond acceptors (Lipinski definition) is 2. The molecular formula is C20H19InN2O2Zr. The second-order valence-corrected chi connectivity index (χ2v) is 13.1. The molecule has 2 unspecified atom stereocenters. The van der Waals surface area contributed by atoms with Crippen LogP contribution in [0.25, 0.3) is 12.2 Å². The SMILES string of the molecule is C1=C[CH]([Zr][CH]2C=Cc3ccccc32)c2ccccc21.O=C[NH][InH][NH]C=O. The maximum atomic E-state index is 9.47. The molecule has 2 N–H and O–H groups in total. The van der Waals surface area contributed by atoms with Crippen LogP contribution >= 0.6 is 0 Å². The van der Waals surface area contributed by atoms with Crippen molar-refractivity contribution in [2.24, 2.45) is 0 Å². The van der Waals surface area contributed by atoms with Crippen molar-refractivity contribution in [2.75, 3.05) is 0 Å². The molecule has 4 nitrogen and oxygen atoms in total. The van der Waals surface area contributed by atoms with Crippen molar-refractivity contribution in [1.29, 1.82) is 0 Å². The van der Waals surface area contributed by atoms with Gasteiger partial charge < -0.3 is 0 Å². The number of hydrogen-bond donors (Lipinski definition) is 2. The third-order valence-corrected chi connectivity index (χ3v) is 10.7. The van der Waals surface area contributed by atoms with Crippen LogP contribution in [0.5, 0.6) is 0 Å². The molecule has 0 saturated carbocycles. The van der Waals surface area contributed by atoms with Crippen LogP contribution in [0.4, 0.5) is 0 Å². The fraction of sp³-hybridized carbons (Fsp3) is 0.100. The van der Waals surface area contributed by atoms with E-state index in [0.29, 0.717) is 12.8 Å². The predicted octanol–water partition coefficient (Wildman–Crippen LogP) is 2.35. The Bertz CT molecular complexity index is 771. The van der Waals surface area contributed by atoms with Crippen molar-refractivity contribution in [3.8, 4) is 0 Å². The van der Waals surface area contributed by atoms with Crippen molar-refractivity contribution in [1.82, 2.24) is 6.61 Å². The molecule has 0 bridgehead atoms. The summed E-state index contributed by atoms with van der Waals surface area (Å²) in [5.74, 6) is 0. The van der Waals surface area contributed by atoms with E-state index >= 15 is 0 Å². The van der Waals surface area contributed by atoms with Gasteiger partial charge >= 0.3 is 178 Å². The molecule has 2 aromatic rings. The van der Waals surface area contributed by atoms with Crippen LogP contribution in [0.2, 0.25) is 0 Å². The summed E-state index contributed by atoms with van der Waals surface area (Å²) >= 11 is -1.89. The summed E-state index contributed by atoms with van der Waals surface area (Å²) in [7, 11) is 0. The number of rotatable bonds is 6. The monoisotopic (exact) mass is 524 g/mol. The molecule has 2 amide bonds. The molecule has 2 aromatic carbocycles. The summed E-state index contributed by atoms with van der Waals surface area (Å²) in [4.78, 5) is 18.9. The minimum atomic E-state index is -1.35. The van der Waals surface area contributed by atoms with Gasteiger partial charge in [-0.2, -0.15) is 0 Å². The Morgan fingerprint density at radius 1 is 0.769 bits per heavy atom. The first kappa shape index (κ1) is 19.4. The van der Waals surface area contributed by atoms with Gasteiger partial charge in [-0.1, -0.05) is 0 Å². The van der Waals surface area contributed by atoms with Gasteiger partial charge in [0.1, 0.15) is 0 Å². The number of nitrogens with one attached hydrogen (secondary N) is 2. The molecule has 4 rings (SSSR count). The third-order valence-electron chi connectivity index (χ3n) is 4.33. The summed E-state index contributed by atoms with van der Waals surface area (Å²) in [5, 5.41) is 0. The van der Waals surface area contributed by atoms with E-state index in [1.165, 1.54) is 11.1 Å². The van der Waals surface area contributed by atoms with Crippen LogP contribution in [0.1, 0.15) is 29.5 Å². The van der Waals surface area contributed by atoms with Crippen LogP contribution in [-0.4, -0.2) is 36.3 Å². The van der Waals surface area contributed by atoms with E-state index in [4.69, 9.17) is 0 Å². The summed E-state index contributed by atoms with van der Waals surface area (Å²) in [5.41, 5.74) is 5.99. The number of amides is 2. The van der Waals surface area contributed by atoms with Crippen LogP contribution in [0, 0.1) is 0 Å². The molecule has 128 valence electrons. The number of fused-ring (bicyclic) bond motifs is 2. The minimum absolute atomic E-state index is 0.542. The van der Waals surface area contributed by atoms with Crippen LogP contribution < -0.4 is 6.61 Å². The average molecular weight is 525 g/mol. The zero-order valence-corrected chi connectivity index (χ0v) is 20.8. The summed E-state index contributed by atoms with van der Waals surface area (Å²) in [6, 6.07) is 17.7. The standard InChI is InChI=1S/2C9H7.2CH3NO.In.Zr.H/c2*1-2-5-9-7-3-6-8(9)4-1;2*2-1-3;;;/h2*1-7H;2*1H,(H2,2,3);;;/q;;;;+2;;/p-2. The van der Waals surface area contributed by atoms with E-state index < -0.39 is 46.7 Å². The number of carbonyl (C=O) groups excluding carboxylic acids is 2. The van der Waals surface area contributed by atoms with Crippen molar-refractivity contribution in [2.45, 2.75) is 7.25 Å². The molecule has 6 heteroatoms. The molecule has 0 aromatic heterocycles. The summed E-state index contributed by atoms with van der Waals surface area (Å²) in [6.07, 6.45) is 10.7. The topological polar surface area (TPSA) is 58.2 Å². The Hall–Kier alpha value is -1.39. The molecule has 0 saturated heterocycles. The van der Waals surface area contributed by atoms with Gasteiger partial charge in [-0.15, -0.1) is 0 Å². The normalized spacial score (nSPS) is 18.0. The van der Waals surface area contributed by atoms with E-state index in [-0.39, 0.29) is 0 Å². The van der Waals surface area contributed by atoms with Gasteiger partial charge in [0, 0.05) is 0 Å². The average Bonchev–Trinajstić information content (AvgIpc) is 3.28. The van der Waals surface area contributed by atoms with Gasteiger partial charge in [0.2, 0.25) is 0 Å². The zero-order chi connectivity index (χ0) is 18.2. The van der Waals surface area contributed by atoms with Crippen molar-refractivity contribution >= 4 is 48.5 Å². The van der Waals surface area contributed by atoms with E-state index in [2.05, 4.69) is 79.4 Å². The summed E-state index contributed by atoms with van der Waals surface area (Å²) in [6.45, 7) is 0. The fourth-order valence-corrected chi connectivity index (χ4v) is 8.08. The van der Waals surface area contributed by atoms with Crippen LogP contribution in [0.15, 0.2) is 60.7 Å². The third kappa shape index (κ3) is 4.86. The molecule has 2 atom stereocenters. The molecule has 0 heterocycles. The van der Waals surface area contributed by atoms with Crippen molar-refractivity contribution in [3.63, 3.8) is 0 Å². The maximum absolute atomic E-state index is 9.47. The van der Waals surface area contributed by atoms with E-state index in [1.807, 2.05) is 0 Å². The number of benzene rings is 2. The summed E-state index contributed by atoms with van der Waals surface area (Å²) < 4.78 is 6.35. The van der Waals surface area contributed by atoms with E-state index in [0.717, 1.165) is 7.25 Å². The van der Waals surface area contributed by atoms with Crippen molar-refractivity contribution in [3.05, 3.63) is 82.9 Å². The van der Waals surface area contributed by atoms with Gasteiger partial charge in [0.25, 0.3) is 0 Å². The Kier molecular flexibility index (Phi) is 7.51. The molecule has 26 heavy (non-hydrogen) atoms. The van der Waals surface area contributed by atoms with Crippen LogP contribution in [0.3, 0.4) is 0 Å². The Morgan fingerprint density at radius 3 is 1.69 bits per heavy atom. The second kappa shape index (κ2) is 10.1. The first-order valence-electron chi connectivity index (χ1n) is 8.48. The zero-order valence-electron chi connectivity index (χ0n) is 14.3. The molecule has 0 spiro atoms. The van der Waals surface area contributed by atoms with Crippen molar-refractivity contribution < 1.29 is 32.8 Å². The molecule has 0 radical (unpaired) electrons. The Labute approximate surface area is 176 Å². The predicted molar refractivity (Wildman–Crippen MR) is 102 cm³/mol. The second-order valence-electron chi connectivity index (χ2n) is 5.92. The quantitative estimate of drug-likeness (QED) is 0.450. The van der Waals surface area contributed by atoms with Crippen LogP contribution in [-0.2, 0) is 32.8 Å². The molecule has 0 aliphatic heterocycles. The molecule has 2 aliphatic carbocycles. The first-order chi connectivity index (χ1) is 12.8. The molecular weight excluding hydrogens is 506 g/mol. The Balaban J connectivity index is 0.000000242. The van der Waals surface area contributed by atoms with E-state index in [9.17, 15) is 9.59 Å². The van der Waals surface area contributed by atoms with E-state index in [1.54, 1.807) is 11.1 Å². The number of carbonyl (C=O) groups is 2. The Morgan fingerprint density at radius 2 is 1.23 bits per heavy atom. The molecule has 0 fully saturated rings. The first-order valence-corrected chi connectivity index (χ1v) is 15.4. The van der Waals surface area contributed by atoms with Gasteiger partial charge in [-0.05, 0) is 0 Å². The number of allylic oxidation sites excluding steroid dienone is 2. The van der Waals surface area contributed by atoms with Gasteiger partial charge in [0.15, 0.2) is 0 Å². The van der Waals surface area contributed by atoms with Gasteiger partial charge in [-0.3, -0.25) is 0 Å². The fourth-order valence-electron chi connectivity index (χ4n) is 3.13. The van der Waals surface area contributed by atoms with Gasteiger partial charge in [-0.25, -0.2) is 0 Å². The molecule has 2 aliphatic rings.